The summed E-state index contributed by atoms with van der Waals surface area (Å²) in [6, 6.07) is 96.0. The molecular weight excluding hydrogens is 1500 g/mol. The highest BCUT2D eigenvalue weighted by molar-refractivity contribution is 7.04. The minimum atomic E-state index is -0.963. The molecule has 556 valence electrons. The summed E-state index contributed by atoms with van der Waals surface area (Å²) in [5.74, 6) is -3.17. The lowest BCUT2D eigenvalue weighted by atomic mass is 9.29. The molecule has 6 aliphatic heterocycles. The molecule has 0 aliphatic carbocycles. The smallest absolute Gasteiger partial charge is 0.256 e. The van der Waals surface area contributed by atoms with Gasteiger partial charge in [-0.25, -0.2) is 26.3 Å². The fraction of sp³-hybridized carbons (Fsp3) is 0. The Morgan fingerprint density at radius 3 is 0.975 bits per heavy atom. The molecule has 6 aliphatic rings. The average Bonchev–Trinajstić information content (AvgIpc) is 1.37. The first-order valence-corrected chi connectivity index (χ1v) is 40.3. The van der Waals surface area contributed by atoms with E-state index in [2.05, 4.69) is 139 Å². The largest absolute Gasteiger partial charge is 0.458 e. The molecule has 0 radical (unpaired) electrons. The first-order chi connectivity index (χ1) is 59.2. The lowest BCUT2D eigenvalue weighted by Crippen LogP contribution is -2.65. The van der Waals surface area contributed by atoms with E-state index in [0.29, 0.717) is 101 Å². The van der Waals surface area contributed by atoms with Gasteiger partial charge in [-0.2, -0.15) is 0 Å². The van der Waals surface area contributed by atoms with Gasteiger partial charge in [0.15, 0.2) is 0 Å². The van der Waals surface area contributed by atoms with Crippen LogP contribution in [-0.2, 0) is 0 Å². The van der Waals surface area contributed by atoms with Crippen LogP contribution in [-0.4, -0.2) is 33.3 Å². The second-order valence-corrected chi connectivity index (χ2v) is 32.6. The Kier molecular flexibility index (Phi) is 11.8. The van der Waals surface area contributed by atoms with E-state index in [1.807, 2.05) is 127 Å². The van der Waals surface area contributed by atoms with E-state index in [-0.39, 0.29) is 11.4 Å². The third-order valence-corrected chi connectivity index (χ3v) is 27.2. The zero-order valence-electron chi connectivity index (χ0n) is 62.8. The number of hydrogen-bond acceptors (Lipinski definition) is 6. The van der Waals surface area contributed by atoms with Gasteiger partial charge in [-0.1, -0.05) is 194 Å². The van der Waals surface area contributed by atoms with Crippen molar-refractivity contribution in [3.05, 3.63) is 338 Å². The zero-order valence-corrected chi connectivity index (χ0v) is 62.8. The van der Waals surface area contributed by atoms with Gasteiger partial charge in [-0.05, 0) is 152 Å². The van der Waals surface area contributed by atoms with Crippen LogP contribution in [0.15, 0.2) is 303 Å². The fourth-order valence-electron chi connectivity index (χ4n) is 23.0. The molecular formula is C102H50B3F6N7O2. The molecule has 0 atom stereocenters. The maximum Gasteiger partial charge on any atom is 0.256 e. The molecule has 0 saturated carbocycles. The van der Waals surface area contributed by atoms with Crippen molar-refractivity contribution in [3.8, 4) is 23.0 Å². The SMILES string of the molecule is Fc1cccc(F)c1N1c2cc3c(cc2B2c4ccccc4Oc4c2c1c1c2ccccc2n2c5ccccc5c4c12)B1c2cc4c(cc2N(c2c(F)cccc2F)c2c1c(c1c5ccccc5n5c6ccccc6c2c15)O3)N(c1c(F)cccc1F)c1c2c(c3c5ccccc5n5c6ccccc6c1c35)N(c1ccccc1)c1ccccc1B42. The Morgan fingerprint density at radius 1 is 0.217 bits per heavy atom. The Balaban J connectivity index is 0.819. The first-order valence-electron chi connectivity index (χ1n) is 40.3. The van der Waals surface area contributed by atoms with E-state index >= 15 is 26.3 Å². The molecule has 29 rings (SSSR count). The Labute approximate surface area is 677 Å². The number of benzene rings is 17. The molecule has 6 aromatic heterocycles. The minimum absolute atomic E-state index is 0.307. The number of rotatable bonds is 4. The summed E-state index contributed by atoms with van der Waals surface area (Å²) in [5, 5.41) is 9.94. The third-order valence-electron chi connectivity index (χ3n) is 27.2. The van der Waals surface area contributed by atoms with E-state index < -0.39 is 60.7 Å². The summed E-state index contributed by atoms with van der Waals surface area (Å²) in [5.41, 5.74) is 18.0. The summed E-state index contributed by atoms with van der Waals surface area (Å²) in [6.07, 6.45) is 0. The maximum atomic E-state index is 18.7. The van der Waals surface area contributed by atoms with Gasteiger partial charge in [0.2, 0.25) is 0 Å². The summed E-state index contributed by atoms with van der Waals surface area (Å²) in [4.78, 5) is 7.58. The molecule has 0 N–H and O–H groups in total. The molecule has 0 spiro atoms. The Hall–Kier alpha value is -15.3. The predicted octanol–water partition coefficient (Wildman–Crippen LogP) is 20.9. The molecule has 23 aromatic rings. The lowest BCUT2D eigenvalue weighted by Gasteiger charge is -2.47. The number of para-hydroxylation sites is 12. The second kappa shape index (κ2) is 22.1. The van der Waals surface area contributed by atoms with Crippen LogP contribution in [0.25, 0.3) is 114 Å². The third kappa shape index (κ3) is 7.41. The van der Waals surface area contributed by atoms with Gasteiger partial charge in [-0.3, -0.25) is 0 Å². The van der Waals surface area contributed by atoms with Crippen LogP contribution in [0.5, 0.6) is 23.0 Å². The van der Waals surface area contributed by atoms with Crippen LogP contribution in [0.2, 0.25) is 0 Å². The van der Waals surface area contributed by atoms with Crippen molar-refractivity contribution in [1.82, 2.24) is 13.2 Å². The normalized spacial score (nSPS) is 14.1. The van der Waals surface area contributed by atoms with E-state index in [1.54, 1.807) is 14.7 Å². The van der Waals surface area contributed by atoms with Crippen molar-refractivity contribution in [3.63, 3.8) is 0 Å². The van der Waals surface area contributed by atoms with Crippen LogP contribution >= 0.6 is 0 Å². The van der Waals surface area contributed by atoms with Gasteiger partial charge in [-0.15, -0.1) is 0 Å². The number of halogens is 6. The number of fused-ring (bicyclic) bond motifs is 36. The second-order valence-electron chi connectivity index (χ2n) is 32.6. The molecule has 12 heterocycles. The van der Waals surface area contributed by atoms with Gasteiger partial charge >= 0.3 is 0 Å². The van der Waals surface area contributed by atoms with Crippen LogP contribution in [0.4, 0.5) is 94.6 Å². The summed E-state index contributed by atoms with van der Waals surface area (Å²) >= 11 is 0. The van der Waals surface area contributed by atoms with E-state index in [9.17, 15) is 0 Å². The van der Waals surface area contributed by atoms with Crippen LogP contribution in [0, 0.1) is 34.9 Å². The summed E-state index contributed by atoms with van der Waals surface area (Å²) in [7, 11) is 0. The van der Waals surface area contributed by atoms with Gasteiger partial charge in [0.1, 0.15) is 75.0 Å². The maximum absolute atomic E-state index is 18.7. The zero-order chi connectivity index (χ0) is 78.6. The number of ether oxygens (including phenoxy) is 2. The topological polar surface area (TPSA) is 44.7 Å². The van der Waals surface area contributed by atoms with E-state index in [1.165, 1.54) is 54.6 Å². The molecule has 18 heteroatoms. The molecule has 0 unspecified atom stereocenters. The highest BCUT2D eigenvalue weighted by Gasteiger charge is 2.55. The number of nitrogens with zero attached hydrogens (tertiary/aromatic N) is 7. The van der Waals surface area contributed by atoms with Gasteiger partial charge in [0.25, 0.3) is 20.1 Å². The molecule has 0 bridgehead atoms. The van der Waals surface area contributed by atoms with Crippen LogP contribution < -0.4 is 78.2 Å². The monoisotopic (exact) mass is 1550 g/mol. The van der Waals surface area contributed by atoms with Crippen LogP contribution in [0.1, 0.15) is 0 Å². The quantitative estimate of drug-likeness (QED) is 0.129. The van der Waals surface area contributed by atoms with Crippen molar-refractivity contribution in [2.24, 2.45) is 0 Å². The minimum Gasteiger partial charge on any atom is -0.458 e. The molecule has 9 nitrogen and oxygen atoms in total. The predicted molar refractivity (Wildman–Crippen MR) is 476 cm³/mol. The summed E-state index contributed by atoms with van der Waals surface area (Å²) in [6.45, 7) is -2.42. The van der Waals surface area contributed by atoms with Crippen molar-refractivity contribution in [2.45, 2.75) is 0 Å². The molecule has 0 amide bonds. The number of hydrogen-bond donors (Lipinski definition) is 0. The lowest BCUT2D eigenvalue weighted by molar-refractivity contribution is 0.493. The molecule has 17 aromatic carbocycles. The van der Waals surface area contributed by atoms with Gasteiger partial charge in [0.05, 0.1) is 83.2 Å². The Bertz CT molecular complexity index is 8690. The van der Waals surface area contributed by atoms with Crippen molar-refractivity contribution in [1.29, 1.82) is 0 Å². The highest BCUT2D eigenvalue weighted by Crippen LogP contribution is 2.61. The van der Waals surface area contributed by atoms with Crippen molar-refractivity contribution < 1.29 is 35.8 Å². The van der Waals surface area contributed by atoms with Crippen molar-refractivity contribution >= 4 is 252 Å². The molecule has 120 heavy (non-hydrogen) atoms. The highest BCUT2D eigenvalue weighted by atomic mass is 19.2. The average molecular weight is 1550 g/mol. The molecule has 0 saturated heterocycles. The standard InChI is InChI=1S/C102H50B3F6N7O2/c106-64-33-20-34-65(107)91(64)116-77-49-78-61(47-60(77)103-58-31-10-18-45-76(58)112(51-23-2-1-3-24-51)97-82-52-25-4-12-39-70(52)113-71-40-13-5-26-53(71)83(94(82)113)98(116)88(97)103)105-63-48-62-79(50-81(63)120-102-87-57-30-9-17-44-75(57)115-73-42-15-7-28-55(73)85(96(87)115)100(90(102)105)117(78)92-66(108)35-21-36-67(92)109)118(93-68(110)37-22-38-69(93)111)99-84-54-27-6-14-41-72(54)114-74-43-16-8-29-56(74)86(95(84)114)101-89(99)104(62)59-32-11-19-46-80(59)119-101/h1-50H. The first kappa shape index (κ1) is 64.0. The van der Waals surface area contributed by atoms with Crippen LogP contribution in [0.3, 0.4) is 0 Å². The number of anilines is 12. The number of aromatic nitrogens is 3. The van der Waals surface area contributed by atoms with Crippen molar-refractivity contribution in [2.75, 3.05) is 19.6 Å². The summed E-state index contributed by atoms with van der Waals surface area (Å²) < 4.78 is 134. The van der Waals surface area contributed by atoms with E-state index in [0.717, 1.165) is 137 Å². The fourth-order valence-corrected chi connectivity index (χ4v) is 23.0. The Morgan fingerprint density at radius 2 is 0.533 bits per heavy atom. The van der Waals surface area contributed by atoms with Gasteiger partial charge in [0, 0.05) is 88.4 Å². The van der Waals surface area contributed by atoms with E-state index in [4.69, 9.17) is 9.47 Å². The molecule has 0 fully saturated rings. The van der Waals surface area contributed by atoms with Gasteiger partial charge < -0.3 is 42.3 Å².